The Kier molecular flexibility index (Phi) is 3.94. The molecule has 2 rings (SSSR count). The second-order valence-corrected chi connectivity index (χ2v) is 4.40. The van der Waals surface area contributed by atoms with Gasteiger partial charge in [0, 0.05) is 19.3 Å². The number of hydrogen-bond donors (Lipinski definition) is 1. The highest BCUT2D eigenvalue weighted by molar-refractivity contribution is 5.39. The van der Waals surface area contributed by atoms with E-state index < -0.39 is 0 Å². The summed E-state index contributed by atoms with van der Waals surface area (Å²) in [5.74, 6) is 1.40. The summed E-state index contributed by atoms with van der Waals surface area (Å²) in [7, 11) is 0. The summed E-state index contributed by atoms with van der Waals surface area (Å²) in [6.45, 7) is 3.86. The van der Waals surface area contributed by atoms with Crippen molar-refractivity contribution < 1.29 is 4.74 Å². The van der Waals surface area contributed by atoms with Crippen molar-refractivity contribution in [2.75, 3.05) is 18.5 Å². The number of aromatic nitrogens is 1. The molecule has 0 radical (unpaired) electrons. The first-order valence-corrected chi connectivity index (χ1v) is 6.01. The lowest BCUT2D eigenvalue weighted by atomic mass is 9.93. The van der Waals surface area contributed by atoms with E-state index in [1.807, 2.05) is 18.2 Å². The van der Waals surface area contributed by atoms with E-state index in [1.165, 1.54) is 0 Å². The molecule has 90 valence electrons. The van der Waals surface area contributed by atoms with Gasteiger partial charge in [-0.2, -0.15) is 5.26 Å². The standard InChI is InChI=1S/C13H17N3O/c1-10(11-5-7-17-8-6-11)15-13-4-2-3-12(9-14)16-13/h2-4,10-11H,5-8H2,1H3,(H,15,16). The normalized spacial score (nSPS) is 18.4. The van der Waals surface area contributed by atoms with Crippen molar-refractivity contribution in [1.29, 1.82) is 5.26 Å². The summed E-state index contributed by atoms with van der Waals surface area (Å²) in [5, 5.41) is 12.2. The van der Waals surface area contributed by atoms with Crippen LogP contribution in [0.15, 0.2) is 18.2 Å². The van der Waals surface area contributed by atoms with Crippen LogP contribution in [0.4, 0.5) is 5.82 Å². The van der Waals surface area contributed by atoms with Crippen LogP contribution in [0, 0.1) is 17.2 Å². The Morgan fingerprint density at radius 1 is 1.47 bits per heavy atom. The SMILES string of the molecule is CC(Nc1cccc(C#N)n1)C1CCOCC1. The molecule has 1 N–H and O–H groups in total. The van der Waals surface area contributed by atoms with Gasteiger partial charge in [0.25, 0.3) is 0 Å². The number of nitrogens with zero attached hydrogens (tertiary/aromatic N) is 2. The Morgan fingerprint density at radius 2 is 2.24 bits per heavy atom. The fraction of sp³-hybridized carbons (Fsp3) is 0.538. The molecule has 0 saturated carbocycles. The van der Waals surface area contributed by atoms with Gasteiger partial charge in [0.2, 0.25) is 0 Å². The van der Waals surface area contributed by atoms with Gasteiger partial charge in [0.05, 0.1) is 0 Å². The number of pyridine rings is 1. The fourth-order valence-electron chi connectivity index (χ4n) is 2.14. The lowest BCUT2D eigenvalue weighted by molar-refractivity contribution is 0.0622. The molecule has 0 aromatic carbocycles. The van der Waals surface area contributed by atoms with Gasteiger partial charge in [-0.15, -0.1) is 0 Å². The molecule has 1 saturated heterocycles. The van der Waals surface area contributed by atoms with Crippen molar-refractivity contribution in [1.82, 2.24) is 4.98 Å². The number of rotatable bonds is 3. The van der Waals surface area contributed by atoms with Crippen molar-refractivity contribution in [2.45, 2.75) is 25.8 Å². The smallest absolute Gasteiger partial charge is 0.142 e. The summed E-state index contributed by atoms with van der Waals surface area (Å²) in [5.41, 5.74) is 0.453. The molecule has 1 aliphatic heterocycles. The minimum absolute atomic E-state index is 0.361. The number of ether oxygens (including phenoxy) is 1. The van der Waals surface area contributed by atoms with Gasteiger partial charge in [-0.1, -0.05) is 6.07 Å². The Labute approximate surface area is 102 Å². The maximum absolute atomic E-state index is 8.79. The van der Waals surface area contributed by atoms with E-state index in [0.717, 1.165) is 31.9 Å². The van der Waals surface area contributed by atoms with Crippen molar-refractivity contribution in [3.8, 4) is 6.07 Å². The third kappa shape index (κ3) is 3.18. The molecule has 1 atom stereocenters. The maximum Gasteiger partial charge on any atom is 0.142 e. The highest BCUT2D eigenvalue weighted by Crippen LogP contribution is 2.21. The number of anilines is 1. The highest BCUT2D eigenvalue weighted by Gasteiger charge is 2.20. The van der Waals surface area contributed by atoms with E-state index in [9.17, 15) is 0 Å². The zero-order chi connectivity index (χ0) is 12.1. The molecular formula is C13H17N3O. The van der Waals surface area contributed by atoms with Gasteiger partial charge in [-0.05, 0) is 37.8 Å². The molecule has 17 heavy (non-hydrogen) atoms. The summed E-state index contributed by atoms with van der Waals surface area (Å²) in [6.07, 6.45) is 2.18. The second-order valence-electron chi connectivity index (χ2n) is 4.40. The Hall–Kier alpha value is -1.60. The van der Waals surface area contributed by atoms with E-state index in [2.05, 4.69) is 17.2 Å². The first kappa shape index (κ1) is 11.9. The monoisotopic (exact) mass is 231 g/mol. The van der Waals surface area contributed by atoms with Crippen LogP contribution in [0.3, 0.4) is 0 Å². The summed E-state index contributed by atoms with van der Waals surface area (Å²) >= 11 is 0. The topological polar surface area (TPSA) is 57.9 Å². The number of nitrogens with one attached hydrogen (secondary N) is 1. The molecule has 2 heterocycles. The molecular weight excluding hydrogens is 214 g/mol. The summed E-state index contributed by atoms with van der Waals surface area (Å²) < 4.78 is 5.35. The van der Waals surface area contributed by atoms with Gasteiger partial charge in [-0.3, -0.25) is 0 Å². The first-order valence-electron chi connectivity index (χ1n) is 6.01. The second kappa shape index (κ2) is 5.65. The molecule has 0 spiro atoms. The molecule has 4 heteroatoms. The largest absolute Gasteiger partial charge is 0.381 e. The summed E-state index contributed by atoms with van der Waals surface area (Å²) in [6, 6.07) is 7.87. The van der Waals surface area contributed by atoms with Crippen LogP contribution in [0.25, 0.3) is 0 Å². The van der Waals surface area contributed by atoms with Crippen LogP contribution >= 0.6 is 0 Å². The molecule has 0 bridgehead atoms. The molecule has 4 nitrogen and oxygen atoms in total. The Morgan fingerprint density at radius 3 is 2.94 bits per heavy atom. The average molecular weight is 231 g/mol. The first-order chi connectivity index (χ1) is 8.29. The van der Waals surface area contributed by atoms with E-state index in [1.54, 1.807) is 6.07 Å². The Balaban J connectivity index is 1.97. The summed E-state index contributed by atoms with van der Waals surface area (Å²) in [4.78, 5) is 4.22. The molecule has 0 aliphatic carbocycles. The van der Waals surface area contributed by atoms with E-state index in [4.69, 9.17) is 10.00 Å². The van der Waals surface area contributed by atoms with Gasteiger partial charge >= 0.3 is 0 Å². The van der Waals surface area contributed by atoms with Gasteiger partial charge in [0.1, 0.15) is 17.6 Å². The fourth-order valence-corrected chi connectivity index (χ4v) is 2.14. The van der Waals surface area contributed by atoms with Gasteiger partial charge < -0.3 is 10.1 Å². The van der Waals surface area contributed by atoms with E-state index in [0.29, 0.717) is 17.7 Å². The quantitative estimate of drug-likeness (QED) is 0.866. The number of nitriles is 1. The van der Waals surface area contributed by atoms with Gasteiger partial charge in [-0.25, -0.2) is 4.98 Å². The van der Waals surface area contributed by atoms with Crippen LogP contribution in [-0.4, -0.2) is 24.2 Å². The van der Waals surface area contributed by atoms with Crippen LogP contribution in [0.1, 0.15) is 25.5 Å². The third-order valence-corrected chi connectivity index (χ3v) is 3.21. The van der Waals surface area contributed by atoms with Crippen LogP contribution in [-0.2, 0) is 4.74 Å². The zero-order valence-corrected chi connectivity index (χ0v) is 10.0. The molecule has 1 fully saturated rings. The third-order valence-electron chi connectivity index (χ3n) is 3.21. The van der Waals surface area contributed by atoms with Crippen molar-refractivity contribution >= 4 is 5.82 Å². The predicted octanol–water partition coefficient (Wildman–Crippen LogP) is 2.18. The van der Waals surface area contributed by atoms with Crippen LogP contribution in [0.2, 0.25) is 0 Å². The minimum atomic E-state index is 0.361. The highest BCUT2D eigenvalue weighted by atomic mass is 16.5. The van der Waals surface area contributed by atoms with Crippen molar-refractivity contribution in [3.63, 3.8) is 0 Å². The molecule has 1 aromatic rings. The molecule has 1 unspecified atom stereocenters. The average Bonchev–Trinajstić information content (AvgIpc) is 2.40. The van der Waals surface area contributed by atoms with Gasteiger partial charge in [0.15, 0.2) is 0 Å². The minimum Gasteiger partial charge on any atom is -0.381 e. The molecule has 1 aliphatic rings. The van der Waals surface area contributed by atoms with E-state index in [-0.39, 0.29) is 0 Å². The van der Waals surface area contributed by atoms with E-state index >= 15 is 0 Å². The molecule has 0 amide bonds. The lowest BCUT2D eigenvalue weighted by Gasteiger charge is -2.28. The lowest BCUT2D eigenvalue weighted by Crippen LogP contribution is -2.31. The Bertz CT molecular complexity index is 407. The zero-order valence-electron chi connectivity index (χ0n) is 10.0. The van der Waals surface area contributed by atoms with Crippen LogP contribution < -0.4 is 5.32 Å². The number of hydrogen-bond acceptors (Lipinski definition) is 4. The molecule has 1 aromatic heterocycles. The maximum atomic E-state index is 8.79. The van der Waals surface area contributed by atoms with Crippen molar-refractivity contribution in [3.05, 3.63) is 23.9 Å². The predicted molar refractivity (Wildman–Crippen MR) is 65.6 cm³/mol. The van der Waals surface area contributed by atoms with Crippen molar-refractivity contribution in [2.24, 2.45) is 5.92 Å². The van der Waals surface area contributed by atoms with Crippen LogP contribution in [0.5, 0.6) is 0 Å².